The van der Waals surface area contributed by atoms with Crippen molar-refractivity contribution in [2.75, 3.05) is 11.9 Å². The van der Waals surface area contributed by atoms with E-state index in [4.69, 9.17) is 4.74 Å². The van der Waals surface area contributed by atoms with Gasteiger partial charge in [-0.15, -0.1) is 0 Å². The van der Waals surface area contributed by atoms with Crippen molar-refractivity contribution in [3.8, 4) is 0 Å². The van der Waals surface area contributed by atoms with Crippen LogP contribution in [-0.2, 0) is 20.7 Å². The summed E-state index contributed by atoms with van der Waals surface area (Å²) >= 11 is 1.05. The molecule has 0 saturated heterocycles. The fourth-order valence-corrected chi connectivity index (χ4v) is 3.37. The molecule has 3 rings (SSSR count). The largest absolute Gasteiger partial charge is 0.456 e. The second kappa shape index (κ2) is 9.88. The lowest BCUT2D eigenvalue weighted by atomic mass is 10.0. The summed E-state index contributed by atoms with van der Waals surface area (Å²) in [5.74, 6) is -1.20. The summed E-state index contributed by atoms with van der Waals surface area (Å²) in [5.41, 5.74) is 3.54. The number of hydrogen-bond donors (Lipinski definition) is 1. The number of anilines is 1. The van der Waals surface area contributed by atoms with Crippen molar-refractivity contribution in [3.05, 3.63) is 53.6 Å². The summed E-state index contributed by atoms with van der Waals surface area (Å²) in [6, 6.07) is 12.7. The highest BCUT2D eigenvalue weighted by Crippen LogP contribution is 2.21. The number of ether oxygens (including phenoxy) is 1. The number of ketones is 1. The minimum absolute atomic E-state index is 0.0391. The molecule has 0 atom stereocenters. The van der Waals surface area contributed by atoms with E-state index < -0.39 is 18.5 Å². The van der Waals surface area contributed by atoms with Gasteiger partial charge in [0.15, 0.2) is 12.4 Å². The topological polar surface area (TPSA) is 98.2 Å². The van der Waals surface area contributed by atoms with Crippen LogP contribution in [0.15, 0.2) is 42.5 Å². The maximum atomic E-state index is 12.2. The van der Waals surface area contributed by atoms with Crippen molar-refractivity contribution in [1.82, 2.24) is 8.75 Å². The summed E-state index contributed by atoms with van der Waals surface area (Å²) in [5, 5.41) is 2.65. The summed E-state index contributed by atoms with van der Waals surface area (Å²) < 4.78 is 13.2. The van der Waals surface area contributed by atoms with E-state index in [0.717, 1.165) is 24.6 Å². The SMILES string of the molecule is CCCc1ccc(C(=O)CCC(=O)OCC(=O)Nc2cccc3nsnc23)cc1. The van der Waals surface area contributed by atoms with E-state index in [0.29, 0.717) is 22.3 Å². The van der Waals surface area contributed by atoms with Gasteiger partial charge in [-0.2, -0.15) is 8.75 Å². The van der Waals surface area contributed by atoms with Crippen molar-refractivity contribution >= 4 is 46.1 Å². The first kappa shape index (κ1) is 20.6. The number of benzene rings is 2. The van der Waals surface area contributed by atoms with Crippen molar-refractivity contribution in [3.63, 3.8) is 0 Å². The van der Waals surface area contributed by atoms with Crippen LogP contribution in [-0.4, -0.2) is 33.0 Å². The highest BCUT2D eigenvalue weighted by molar-refractivity contribution is 7.00. The molecular formula is C21H21N3O4S. The standard InChI is InChI=1S/C21H21N3O4S/c1-2-4-14-7-9-15(10-8-14)18(25)11-12-20(27)28-13-19(26)22-16-5-3-6-17-21(16)24-29-23-17/h3,5-10H,2,4,11-13H2,1H3,(H,22,26). The second-order valence-electron chi connectivity index (χ2n) is 6.52. The Morgan fingerprint density at radius 3 is 2.59 bits per heavy atom. The van der Waals surface area contributed by atoms with E-state index in [-0.39, 0.29) is 18.6 Å². The Labute approximate surface area is 172 Å². The molecule has 0 aliphatic carbocycles. The quantitative estimate of drug-likeness (QED) is 0.425. The number of nitrogens with zero attached hydrogens (tertiary/aromatic N) is 2. The minimum Gasteiger partial charge on any atom is -0.456 e. The van der Waals surface area contributed by atoms with Crippen LogP contribution in [0, 0.1) is 0 Å². The Hall–Kier alpha value is -3.13. The second-order valence-corrected chi connectivity index (χ2v) is 7.04. The van der Waals surface area contributed by atoms with Gasteiger partial charge in [-0.3, -0.25) is 14.4 Å². The Morgan fingerprint density at radius 2 is 1.83 bits per heavy atom. The molecule has 0 spiro atoms. The monoisotopic (exact) mass is 411 g/mol. The summed E-state index contributed by atoms with van der Waals surface area (Å²) in [7, 11) is 0. The fraction of sp³-hybridized carbons (Fsp3) is 0.286. The Balaban J connectivity index is 1.43. The molecule has 0 aliphatic rings. The van der Waals surface area contributed by atoms with Gasteiger partial charge in [0.2, 0.25) is 0 Å². The maximum Gasteiger partial charge on any atom is 0.306 e. The van der Waals surface area contributed by atoms with Crippen LogP contribution in [0.3, 0.4) is 0 Å². The molecule has 150 valence electrons. The maximum absolute atomic E-state index is 12.2. The third-order valence-electron chi connectivity index (χ3n) is 4.30. The molecule has 0 saturated carbocycles. The molecule has 0 bridgehead atoms. The summed E-state index contributed by atoms with van der Waals surface area (Å²) in [4.78, 5) is 36.1. The molecule has 1 N–H and O–H groups in total. The molecular weight excluding hydrogens is 390 g/mol. The predicted molar refractivity (Wildman–Crippen MR) is 111 cm³/mol. The number of esters is 1. The lowest BCUT2D eigenvalue weighted by molar-refractivity contribution is -0.147. The van der Waals surface area contributed by atoms with Crippen LogP contribution in [0.2, 0.25) is 0 Å². The highest BCUT2D eigenvalue weighted by atomic mass is 32.1. The molecule has 8 heteroatoms. The number of aryl methyl sites for hydroxylation is 1. The summed E-state index contributed by atoms with van der Waals surface area (Å²) in [6.45, 7) is 1.67. The van der Waals surface area contributed by atoms with E-state index in [2.05, 4.69) is 21.0 Å². The van der Waals surface area contributed by atoms with Gasteiger partial charge < -0.3 is 10.1 Å². The number of aromatic nitrogens is 2. The molecule has 29 heavy (non-hydrogen) atoms. The Morgan fingerprint density at radius 1 is 1.03 bits per heavy atom. The zero-order valence-electron chi connectivity index (χ0n) is 16.0. The average Bonchev–Trinajstić information content (AvgIpc) is 3.21. The molecule has 3 aromatic rings. The number of nitrogens with one attached hydrogen (secondary N) is 1. The van der Waals surface area contributed by atoms with E-state index in [1.807, 2.05) is 12.1 Å². The lowest BCUT2D eigenvalue weighted by Crippen LogP contribution is -2.21. The van der Waals surface area contributed by atoms with E-state index in [9.17, 15) is 14.4 Å². The van der Waals surface area contributed by atoms with Crippen molar-refractivity contribution in [2.45, 2.75) is 32.6 Å². The number of rotatable bonds is 9. The average molecular weight is 411 g/mol. The van der Waals surface area contributed by atoms with E-state index in [1.54, 1.807) is 30.3 Å². The van der Waals surface area contributed by atoms with Crippen LogP contribution in [0.5, 0.6) is 0 Å². The fourth-order valence-electron chi connectivity index (χ4n) is 2.82. The zero-order chi connectivity index (χ0) is 20.6. The Kier molecular flexibility index (Phi) is 7.02. The molecule has 0 radical (unpaired) electrons. The van der Waals surface area contributed by atoms with Crippen molar-refractivity contribution in [2.24, 2.45) is 0 Å². The summed E-state index contributed by atoms with van der Waals surface area (Å²) in [6.07, 6.45) is 1.98. The van der Waals surface area contributed by atoms with Crippen molar-refractivity contribution < 1.29 is 19.1 Å². The third kappa shape index (κ3) is 5.68. The normalized spacial score (nSPS) is 10.7. The van der Waals surface area contributed by atoms with Gasteiger partial charge >= 0.3 is 5.97 Å². The number of carbonyl (C=O) groups is 3. The van der Waals surface area contributed by atoms with Crippen LogP contribution in [0.4, 0.5) is 5.69 Å². The molecule has 1 aromatic heterocycles. The van der Waals surface area contributed by atoms with E-state index in [1.165, 1.54) is 5.56 Å². The molecule has 1 amide bonds. The van der Waals surface area contributed by atoms with Gasteiger partial charge in [0, 0.05) is 12.0 Å². The molecule has 2 aromatic carbocycles. The van der Waals surface area contributed by atoms with Gasteiger partial charge in [0.1, 0.15) is 11.0 Å². The van der Waals surface area contributed by atoms with Gasteiger partial charge in [-0.1, -0.05) is 43.7 Å². The lowest BCUT2D eigenvalue weighted by Gasteiger charge is -2.07. The third-order valence-corrected chi connectivity index (χ3v) is 4.84. The van der Waals surface area contributed by atoms with Crippen LogP contribution < -0.4 is 5.32 Å². The number of amides is 1. The zero-order valence-corrected chi connectivity index (χ0v) is 16.8. The van der Waals surface area contributed by atoms with Crippen LogP contribution in [0.25, 0.3) is 11.0 Å². The first-order valence-electron chi connectivity index (χ1n) is 9.35. The van der Waals surface area contributed by atoms with E-state index >= 15 is 0 Å². The smallest absolute Gasteiger partial charge is 0.306 e. The molecule has 0 unspecified atom stereocenters. The minimum atomic E-state index is -0.593. The predicted octanol–water partition coefficient (Wildman–Crippen LogP) is 3.79. The van der Waals surface area contributed by atoms with Gasteiger partial charge in [-0.25, -0.2) is 0 Å². The first-order chi connectivity index (χ1) is 14.1. The van der Waals surface area contributed by atoms with Gasteiger partial charge in [-0.05, 0) is 24.1 Å². The molecule has 7 nitrogen and oxygen atoms in total. The molecule has 0 aliphatic heterocycles. The van der Waals surface area contributed by atoms with Gasteiger partial charge in [0.25, 0.3) is 5.91 Å². The van der Waals surface area contributed by atoms with Crippen LogP contribution >= 0.6 is 11.7 Å². The number of carbonyl (C=O) groups excluding carboxylic acids is 3. The molecule has 1 heterocycles. The van der Waals surface area contributed by atoms with Crippen molar-refractivity contribution in [1.29, 1.82) is 0 Å². The highest BCUT2D eigenvalue weighted by Gasteiger charge is 2.13. The number of fused-ring (bicyclic) bond motifs is 1. The number of hydrogen-bond acceptors (Lipinski definition) is 7. The Bertz CT molecular complexity index is 1010. The molecule has 0 fully saturated rings. The van der Waals surface area contributed by atoms with Crippen LogP contribution in [0.1, 0.15) is 42.1 Å². The number of Topliss-reactive ketones (excluding diaryl/α,β-unsaturated/α-hetero) is 1. The first-order valence-corrected chi connectivity index (χ1v) is 10.1. The van der Waals surface area contributed by atoms with Gasteiger partial charge in [0.05, 0.1) is 23.8 Å².